The van der Waals surface area contributed by atoms with E-state index in [2.05, 4.69) is 0 Å². The van der Waals surface area contributed by atoms with Crippen LogP contribution in [0.1, 0.15) is 44.5 Å². The molecule has 0 aliphatic carbocycles. The zero-order valence-corrected chi connectivity index (χ0v) is 47.6. The summed E-state index contributed by atoms with van der Waals surface area (Å²) < 4.78 is 167. The van der Waals surface area contributed by atoms with Gasteiger partial charge in [-0.3, -0.25) is 16.7 Å². The molecule has 430 valence electrons. The zero-order chi connectivity index (χ0) is 56.3. The fourth-order valence-corrected chi connectivity index (χ4v) is 10.4. The SMILES string of the molecule is Cc1ccc(S(=O)(=O)OCCOCCOCc2cc(COCCOCCOS(=O)(=O)c3ccc(C)cc3)c(COCCOCCOS(=O)(=O)c3ccc(C)cc3)cc2COCCOCCOS(=O)(=O)c2ccc(C)cc2)cc1. The highest BCUT2D eigenvalue weighted by atomic mass is 32.2. The van der Waals surface area contributed by atoms with Gasteiger partial charge in [0.2, 0.25) is 0 Å². The van der Waals surface area contributed by atoms with Crippen LogP contribution in [0.15, 0.2) is 129 Å². The summed E-state index contributed by atoms with van der Waals surface area (Å²) in [6.07, 6.45) is 0. The van der Waals surface area contributed by atoms with Gasteiger partial charge in [0, 0.05) is 0 Å². The summed E-state index contributed by atoms with van der Waals surface area (Å²) in [5, 5.41) is 0. The summed E-state index contributed by atoms with van der Waals surface area (Å²) in [6, 6.07) is 29.1. The second-order valence-electron chi connectivity index (χ2n) is 17.4. The Labute approximate surface area is 459 Å². The molecule has 0 aromatic heterocycles. The van der Waals surface area contributed by atoms with E-state index in [4.69, 9.17) is 54.6 Å². The molecule has 5 aromatic carbocycles. The zero-order valence-electron chi connectivity index (χ0n) is 44.3. The molecule has 0 saturated heterocycles. The van der Waals surface area contributed by atoms with Crippen LogP contribution < -0.4 is 0 Å². The van der Waals surface area contributed by atoms with Crippen molar-refractivity contribution < 1.29 is 88.3 Å². The maximum Gasteiger partial charge on any atom is 0.297 e. The van der Waals surface area contributed by atoms with Crippen LogP contribution in [-0.4, -0.2) is 139 Å². The molecule has 0 radical (unpaired) electrons. The number of hydrogen-bond acceptors (Lipinski definition) is 20. The van der Waals surface area contributed by atoms with Crippen molar-refractivity contribution in [1.82, 2.24) is 0 Å². The molecule has 24 heteroatoms. The Kier molecular flexibility index (Phi) is 27.4. The number of benzene rings is 5. The predicted molar refractivity (Wildman–Crippen MR) is 286 cm³/mol. The molecule has 0 heterocycles. The van der Waals surface area contributed by atoms with Crippen LogP contribution in [0.4, 0.5) is 0 Å². The van der Waals surface area contributed by atoms with Gasteiger partial charge in [-0.05, 0) is 98.5 Å². The van der Waals surface area contributed by atoms with Gasteiger partial charge in [-0.2, -0.15) is 33.7 Å². The van der Waals surface area contributed by atoms with Gasteiger partial charge in [0.25, 0.3) is 40.5 Å². The highest BCUT2D eigenvalue weighted by Crippen LogP contribution is 2.23. The first-order valence-electron chi connectivity index (χ1n) is 24.9. The first kappa shape index (κ1) is 64.2. The molecule has 0 fully saturated rings. The van der Waals surface area contributed by atoms with E-state index in [0.29, 0.717) is 0 Å². The summed E-state index contributed by atoms with van der Waals surface area (Å²) in [6.45, 7) is 8.20. The quantitative estimate of drug-likeness (QED) is 0.0293. The summed E-state index contributed by atoms with van der Waals surface area (Å²) in [5.74, 6) is 0. The number of ether oxygens (including phenoxy) is 8. The van der Waals surface area contributed by atoms with E-state index in [0.717, 1.165) is 44.5 Å². The Morgan fingerprint density at radius 1 is 0.244 bits per heavy atom. The van der Waals surface area contributed by atoms with Crippen molar-refractivity contribution in [3.63, 3.8) is 0 Å². The number of rotatable bonds is 40. The van der Waals surface area contributed by atoms with Crippen molar-refractivity contribution in [2.45, 2.75) is 73.7 Å². The van der Waals surface area contributed by atoms with Crippen molar-refractivity contribution in [3.8, 4) is 0 Å². The van der Waals surface area contributed by atoms with E-state index in [9.17, 15) is 33.7 Å². The lowest BCUT2D eigenvalue weighted by Crippen LogP contribution is -2.15. The fraction of sp³-hybridized carbons (Fsp3) is 0.444. The van der Waals surface area contributed by atoms with Crippen LogP contribution in [0.3, 0.4) is 0 Å². The molecule has 0 aliphatic heterocycles. The molecule has 5 aromatic rings. The second-order valence-corrected chi connectivity index (χ2v) is 23.9. The van der Waals surface area contributed by atoms with Crippen molar-refractivity contribution >= 4 is 40.5 Å². The van der Waals surface area contributed by atoms with Crippen LogP contribution in [0.5, 0.6) is 0 Å². The Morgan fingerprint density at radius 2 is 0.410 bits per heavy atom. The minimum Gasteiger partial charge on any atom is -0.377 e. The lowest BCUT2D eigenvalue weighted by Gasteiger charge is -2.18. The van der Waals surface area contributed by atoms with Gasteiger partial charge in [0.1, 0.15) is 0 Å². The van der Waals surface area contributed by atoms with Gasteiger partial charge in [-0.25, -0.2) is 0 Å². The molecule has 0 atom stereocenters. The molecule has 20 nitrogen and oxygen atoms in total. The third-order valence-electron chi connectivity index (χ3n) is 11.1. The molecule has 0 saturated carbocycles. The van der Waals surface area contributed by atoms with Crippen LogP contribution >= 0.6 is 0 Å². The summed E-state index contributed by atoms with van der Waals surface area (Å²) >= 11 is 0. The van der Waals surface area contributed by atoms with E-state index in [-0.39, 0.29) is 152 Å². The minimum absolute atomic E-state index is 0.00149. The van der Waals surface area contributed by atoms with Gasteiger partial charge in [0.15, 0.2) is 0 Å². The molecule has 78 heavy (non-hydrogen) atoms. The van der Waals surface area contributed by atoms with E-state index >= 15 is 0 Å². The first-order chi connectivity index (χ1) is 37.3. The van der Waals surface area contributed by atoms with E-state index in [1.807, 2.05) is 39.8 Å². The largest absolute Gasteiger partial charge is 0.377 e. The normalized spacial score (nSPS) is 12.4. The standard InChI is InChI=1S/C54H70O20S4/c1-43-5-13-51(14-6-43)75(55,56)71-33-29-63-21-25-67-39-47-37-49(41-69-27-23-65-31-35-73-77(59,60)53-17-9-45(3)10-18-53)50(42-70-28-24-66-32-36-74-78(61,62)54-19-11-46(4)12-20-54)38-48(47)40-68-26-22-64-30-34-72-76(57,58)52-15-7-44(2)8-16-52/h5-20,37-38H,21-36,39-42H2,1-4H3. The molecule has 0 bridgehead atoms. The third kappa shape index (κ3) is 23.3. The Morgan fingerprint density at radius 3 is 0.603 bits per heavy atom. The van der Waals surface area contributed by atoms with Gasteiger partial charge < -0.3 is 37.9 Å². The van der Waals surface area contributed by atoms with Gasteiger partial charge in [0.05, 0.1) is 152 Å². The maximum absolute atomic E-state index is 12.6. The van der Waals surface area contributed by atoms with Gasteiger partial charge in [-0.1, -0.05) is 82.9 Å². The summed E-state index contributed by atoms with van der Waals surface area (Å²) in [5.41, 5.74) is 6.63. The minimum atomic E-state index is -3.95. The van der Waals surface area contributed by atoms with Crippen molar-refractivity contribution in [2.24, 2.45) is 0 Å². The summed E-state index contributed by atoms with van der Waals surface area (Å²) in [4.78, 5) is 0.195. The molecule has 0 spiro atoms. The van der Waals surface area contributed by atoms with Gasteiger partial charge in [-0.15, -0.1) is 0 Å². The van der Waals surface area contributed by atoms with Crippen molar-refractivity contribution in [1.29, 1.82) is 0 Å². The molecule has 5 rings (SSSR count). The molecule has 0 aliphatic rings. The maximum atomic E-state index is 12.6. The van der Waals surface area contributed by atoms with E-state index in [1.54, 1.807) is 48.5 Å². The van der Waals surface area contributed by atoms with Crippen molar-refractivity contribution in [2.75, 3.05) is 106 Å². The smallest absolute Gasteiger partial charge is 0.297 e. The monoisotopic (exact) mass is 1170 g/mol. The second kappa shape index (κ2) is 33.2. The lowest BCUT2D eigenvalue weighted by atomic mass is 9.99. The highest BCUT2D eigenvalue weighted by molar-refractivity contribution is 7.87. The Hall–Kier alpha value is -4.58. The average molecular weight is 1170 g/mol. The van der Waals surface area contributed by atoms with Crippen LogP contribution in [0.2, 0.25) is 0 Å². The highest BCUT2D eigenvalue weighted by Gasteiger charge is 2.19. The van der Waals surface area contributed by atoms with Crippen LogP contribution in [0.25, 0.3) is 0 Å². The predicted octanol–water partition coefficient (Wildman–Crippen LogP) is 6.68. The van der Waals surface area contributed by atoms with Crippen molar-refractivity contribution in [3.05, 3.63) is 154 Å². The molecule has 0 amide bonds. The fourth-order valence-electron chi connectivity index (χ4n) is 6.84. The molecular weight excluding hydrogens is 1100 g/mol. The first-order valence-corrected chi connectivity index (χ1v) is 30.6. The van der Waals surface area contributed by atoms with E-state index < -0.39 is 40.5 Å². The summed E-state index contributed by atoms with van der Waals surface area (Å²) in [7, 11) is -15.8. The molecule has 0 N–H and O–H groups in total. The Bertz CT molecular complexity index is 2600. The lowest BCUT2D eigenvalue weighted by molar-refractivity contribution is 0.0231. The van der Waals surface area contributed by atoms with Crippen LogP contribution in [-0.2, 0) is 122 Å². The molecular formula is C54H70O20S4. The third-order valence-corrected chi connectivity index (χ3v) is 16.4. The number of hydrogen-bond donors (Lipinski definition) is 0. The Balaban J connectivity index is 1.16. The number of aryl methyl sites for hydroxylation is 4. The van der Waals surface area contributed by atoms with E-state index in [1.165, 1.54) is 48.5 Å². The average Bonchev–Trinajstić information content (AvgIpc) is 3.41. The molecule has 0 unspecified atom stereocenters. The topological polar surface area (TPSA) is 247 Å². The van der Waals surface area contributed by atoms with Crippen LogP contribution in [0, 0.1) is 27.7 Å². The van der Waals surface area contributed by atoms with Gasteiger partial charge >= 0.3 is 0 Å².